The van der Waals surface area contributed by atoms with Gasteiger partial charge in [0, 0.05) is 5.69 Å². The molecular formula is C18H19ClN2O3S. The van der Waals surface area contributed by atoms with Gasteiger partial charge in [0.15, 0.2) is 0 Å². The van der Waals surface area contributed by atoms with E-state index in [0.29, 0.717) is 11.3 Å². The summed E-state index contributed by atoms with van der Waals surface area (Å²) in [6.07, 6.45) is 3.98. The van der Waals surface area contributed by atoms with Crippen LogP contribution < -0.4 is 10.0 Å². The van der Waals surface area contributed by atoms with E-state index < -0.39 is 10.0 Å². The van der Waals surface area contributed by atoms with Crippen molar-refractivity contribution < 1.29 is 13.2 Å². The van der Waals surface area contributed by atoms with Crippen LogP contribution in [0.25, 0.3) is 0 Å². The highest BCUT2D eigenvalue weighted by Gasteiger charge is 2.22. The molecular weight excluding hydrogens is 360 g/mol. The van der Waals surface area contributed by atoms with Crippen molar-refractivity contribution in [3.8, 4) is 0 Å². The molecule has 2 N–H and O–H groups in total. The van der Waals surface area contributed by atoms with Crippen molar-refractivity contribution in [1.82, 2.24) is 5.32 Å². The monoisotopic (exact) mass is 378 g/mol. The second kappa shape index (κ2) is 7.06. The van der Waals surface area contributed by atoms with Gasteiger partial charge in [-0.2, -0.15) is 0 Å². The van der Waals surface area contributed by atoms with Gasteiger partial charge in [-0.3, -0.25) is 9.52 Å². The Kier molecular flexibility index (Phi) is 5.01. The first-order chi connectivity index (χ1) is 11.8. The fraction of sp³-hybridized carbons (Fsp3) is 0.278. The number of sulfonamides is 1. The van der Waals surface area contributed by atoms with Crippen molar-refractivity contribution in [2.45, 2.75) is 25.3 Å². The van der Waals surface area contributed by atoms with E-state index >= 15 is 0 Å². The number of carbonyl (C=O) groups is 1. The molecule has 3 rings (SSSR count). The van der Waals surface area contributed by atoms with Crippen LogP contribution in [0.5, 0.6) is 0 Å². The normalized spacial score (nSPS) is 16.8. The third kappa shape index (κ3) is 4.32. The van der Waals surface area contributed by atoms with Crippen molar-refractivity contribution in [3.63, 3.8) is 0 Å². The molecule has 0 aromatic heterocycles. The van der Waals surface area contributed by atoms with Gasteiger partial charge < -0.3 is 5.32 Å². The second-order valence-electron chi connectivity index (χ2n) is 6.19. The number of nitrogens with one attached hydrogen (secondary N) is 2. The summed E-state index contributed by atoms with van der Waals surface area (Å²) in [5.74, 6) is -0.266. The van der Waals surface area contributed by atoms with Crippen LogP contribution in [0.15, 0.2) is 42.5 Å². The SMILES string of the molecule is CS(=O)(=O)Nc1ccc(C(=O)N[C@H]2CCCc3ccccc32)c(Cl)c1. The molecule has 0 saturated carbocycles. The van der Waals surface area contributed by atoms with Gasteiger partial charge in [-0.1, -0.05) is 35.9 Å². The van der Waals surface area contributed by atoms with Gasteiger partial charge in [0.2, 0.25) is 10.0 Å². The van der Waals surface area contributed by atoms with E-state index in [0.717, 1.165) is 31.1 Å². The molecule has 0 aliphatic heterocycles. The maximum absolute atomic E-state index is 12.6. The van der Waals surface area contributed by atoms with Gasteiger partial charge in [-0.15, -0.1) is 0 Å². The third-order valence-electron chi connectivity index (χ3n) is 4.19. The first kappa shape index (κ1) is 17.8. The molecule has 1 atom stereocenters. The molecule has 0 unspecified atom stereocenters. The fourth-order valence-corrected chi connectivity index (χ4v) is 3.94. The lowest BCUT2D eigenvalue weighted by molar-refractivity contribution is 0.0933. The van der Waals surface area contributed by atoms with Crippen molar-refractivity contribution in [2.24, 2.45) is 0 Å². The summed E-state index contributed by atoms with van der Waals surface area (Å²) in [6.45, 7) is 0. The number of halogens is 1. The Morgan fingerprint density at radius 2 is 1.96 bits per heavy atom. The number of hydrogen-bond donors (Lipinski definition) is 2. The van der Waals surface area contributed by atoms with E-state index in [1.54, 1.807) is 0 Å². The molecule has 0 spiro atoms. The summed E-state index contributed by atoms with van der Waals surface area (Å²) < 4.78 is 24.9. The van der Waals surface area contributed by atoms with Crippen molar-refractivity contribution in [1.29, 1.82) is 0 Å². The van der Waals surface area contributed by atoms with Crippen LogP contribution in [0.2, 0.25) is 5.02 Å². The first-order valence-corrected chi connectivity index (χ1v) is 10.3. The molecule has 0 fully saturated rings. The van der Waals surface area contributed by atoms with E-state index in [-0.39, 0.29) is 17.0 Å². The number of fused-ring (bicyclic) bond motifs is 1. The Balaban J connectivity index is 1.78. The molecule has 1 amide bonds. The van der Waals surface area contributed by atoms with Crippen molar-refractivity contribution >= 4 is 33.2 Å². The van der Waals surface area contributed by atoms with Gasteiger partial charge in [0.05, 0.1) is 22.9 Å². The predicted octanol–water partition coefficient (Wildman–Crippen LogP) is 3.52. The van der Waals surface area contributed by atoms with E-state index in [1.807, 2.05) is 18.2 Å². The van der Waals surface area contributed by atoms with Gasteiger partial charge in [0.25, 0.3) is 5.91 Å². The highest BCUT2D eigenvalue weighted by atomic mass is 35.5. The van der Waals surface area contributed by atoms with Gasteiger partial charge in [-0.25, -0.2) is 8.42 Å². The lowest BCUT2D eigenvalue weighted by Gasteiger charge is -2.26. The minimum absolute atomic E-state index is 0.0395. The summed E-state index contributed by atoms with van der Waals surface area (Å²) in [5, 5.41) is 3.24. The van der Waals surface area contributed by atoms with Crippen LogP contribution in [0, 0.1) is 0 Å². The van der Waals surface area contributed by atoms with E-state index in [9.17, 15) is 13.2 Å². The smallest absolute Gasteiger partial charge is 0.253 e. The highest BCUT2D eigenvalue weighted by Crippen LogP contribution is 2.30. The zero-order valence-corrected chi connectivity index (χ0v) is 15.3. The number of rotatable bonds is 4. The summed E-state index contributed by atoms with van der Waals surface area (Å²) >= 11 is 6.18. The molecule has 7 heteroatoms. The average Bonchev–Trinajstić information content (AvgIpc) is 2.53. The molecule has 2 aromatic rings. The summed E-state index contributed by atoms with van der Waals surface area (Å²) in [7, 11) is -3.39. The van der Waals surface area contributed by atoms with Crippen LogP contribution in [-0.2, 0) is 16.4 Å². The topological polar surface area (TPSA) is 75.3 Å². The summed E-state index contributed by atoms with van der Waals surface area (Å²) in [6, 6.07) is 12.6. The molecule has 132 valence electrons. The number of benzene rings is 2. The predicted molar refractivity (Wildman–Crippen MR) is 99.5 cm³/mol. The quantitative estimate of drug-likeness (QED) is 0.854. The number of anilines is 1. The second-order valence-corrected chi connectivity index (χ2v) is 8.34. The molecule has 0 heterocycles. The average molecular weight is 379 g/mol. The number of aryl methyl sites for hydroxylation is 1. The van der Waals surface area contributed by atoms with Gasteiger partial charge in [-0.05, 0) is 48.6 Å². The minimum Gasteiger partial charge on any atom is -0.345 e. The molecule has 0 saturated heterocycles. The van der Waals surface area contributed by atoms with Gasteiger partial charge in [0.1, 0.15) is 0 Å². The van der Waals surface area contributed by atoms with Crippen molar-refractivity contribution in [3.05, 3.63) is 64.2 Å². The zero-order valence-electron chi connectivity index (χ0n) is 13.8. The van der Waals surface area contributed by atoms with Gasteiger partial charge >= 0.3 is 0 Å². The van der Waals surface area contributed by atoms with Crippen LogP contribution in [0.1, 0.15) is 40.4 Å². The molecule has 5 nitrogen and oxygen atoms in total. The Labute approximate surface area is 152 Å². The highest BCUT2D eigenvalue weighted by molar-refractivity contribution is 7.92. The molecule has 2 aromatic carbocycles. The Morgan fingerprint density at radius 1 is 1.20 bits per heavy atom. The van der Waals surface area contributed by atoms with Crippen LogP contribution in [0.3, 0.4) is 0 Å². The van der Waals surface area contributed by atoms with E-state index in [4.69, 9.17) is 11.6 Å². The zero-order chi connectivity index (χ0) is 18.0. The largest absolute Gasteiger partial charge is 0.345 e. The Bertz CT molecular complexity index is 912. The summed E-state index contributed by atoms with van der Waals surface area (Å²) in [4.78, 5) is 12.6. The minimum atomic E-state index is -3.39. The molecule has 0 bridgehead atoms. The van der Waals surface area contributed by atoms with Crippen LogP contribution >= 0.6 is 11.6 Å². The number of carbonyl (C=O) groups excluding carboxylic acids is 1. The fourth-order valence-electron chi connectivity index (χ4n) is 3.12. The number of hydrogen-bond acceptors (Lipinski definition) is 3. The van der Waals surface area contributed by atoms with Crippen LogP contribution in [0.4, 0.5) is 5.69 Å². The van der Waals surface area contributed by atoms with E-state index in [2.05, 4.69) is 16.1 Å². The van der Waals surface area contributed by atoms with Crippen molar-refractivity contribution in [2.75, 3.05) is 11.0 Å². The molecule has 25 heavy (non-hydrogen) atoms. The Hall–Kier alpha value is -2.05. The lowest BCUT2D eigenvalue weighted by atomic mass is 9.87. The standard InChI is InChI=1S/C18H19ClN2O3S/c1-25(23,24)21-13-9-10-15(16(19)11-13)18(22)20-17-8-4-6-12-5-2-3-7-14(12)17/h2-3,5,7,9-11,17,21H,4,6,8H2,1H3,(H,20,22)/t17-/m0/s1. The Morgan fingerprint density at radius 3 is 2.68 bits per heavy atom. The summed E-state index contributed by atoms with van der Waals surface area (Å²) in [5.41, 5.74) is 3.06. The third-order valence-corrected chi connectivity index (χ3v) is 5.11. The first-order valence-electron chi connectivity index (χ1n) is 7.99. The number of amides is 1. The van der Waals surface area contributed by atoms with Crippen LogP contribution in [-0.4, -0.2) is 20.6 Å². The maximum Gasteiger partial charge on any atom is 0.253 e. The molecule has 0 radical (unpaired) electrons. The molecule has 1 aliphatic rings. The van der Waals surface area contributed by atoms with E-state index in [1.165, 1.54) is 23.8 Å². The maximum atomic E-state index is 12.6. The molecule has 1 aliphatic carbocycles. The lowest BCUT2D eigenvalue weighted by Crippen LogP contribution is -2.31.